The third kappa shape index (κ3) is 3.67. The summed E-state index contributed by atoms with van der Waals surface area (Å²) >= 11 is 0. The van der Waals surface area contributed by atoms with Gasteiger partial charge in [0, 0.05) is 6.07 Å². The number of benzene rings is 2. The molecule has 0 saturated carbocycles. The van der Waals surface area contributed by atoms with Crippen molar-refractivity contribution in [3.63, 3.8) is 0 Å². The molecule has 0 radical (unpaired) electrons. The first-order valence-electron chi connectivity index (χ1n) is 6.66. The predicted molar refractivity (Wildman–Crippen MR) is 88.0 cm³/mol. The van der Waals surface area contributed by atoms with E-state index in [0.717, 1.165) is 0 Å². The van der Waals surface area contributed by atoms with Gasteiger partial charge >= 0.3 is 0 Å². The Balaban J connectivity index is 2.41. The molecule has 0 atom stereocenters. The lowest BCUT2D eigenvalue weighted by Gasteiger charge is -2.05. The number of para-hydroxylation sites is 1. The molecule has 0 bridgehead atoms. The van der Waals surface area contributed by atoms with E-state index >= 15 is 0 Å². The molecule has 0 saturated heterocycles. The average Bonchev–Trinajstić information content (AvgIpc) is 2.61. The SMILES string of the molecule is [C-]#[N+]c1cccc(OC)c1N=C=Nc1ccc(OC)cc1OC. The second-order valence-corrected chi connectivity index (χ2v) is 4.30. The molecule has 0 aliphatic heterocycles. The van der Waals surface area contributed by atoms with Gasteiger partial charge in [-0.1, -0.05) is 12.1 Å². The van der Waals surface area contributed by atoms with Crippen LogP contribution in [0.3, 0.4) is 0 Å². The third-order valence-corrected chi connectivity index (χ3v) is 3.04. The minimum Gasteiger partial charge on any atom is -0.497 e. The lowest BCUT2D eigenvalue weighted by atomic mass is 10.2. The number of hydrogen-bond donors (Lipinski definition) is 0. The molecule has 0 N–H and O–H groups in total. The topological polar surface area (TPSA) is 56.8 Å². The summed E-state index contributed by atoms with van der Waals surface area (Å²) in [5.74, 6) is 1.69. The fourth-order valence-corrected chi connectivity index (χ4v) is 1.88. The first-order chi connectivity index (χ1) is 11.2. The Hall–Kier alpha value is -3.29. The minimum absolute atomic E-state index is 0.369. The third-order valence-electron chi connectivity index (χ3n) is 3.04. The Labute approximate surface area is 134 Å². The Morgan fingerprint density at radius 3 is 2.39 bits per heavy atom. The second kappa shape index (κ2) is 7.64. The van der Waals surface area contributed by atoms with E-state index in [1.165, 1.54) is 7.11 Å². The van der Waals surface area contributed by atoms with Crippen LogP contribution >= 0.6 is 0 Å². The maximum Gasteiger partial charge on any atom is 0.216 e. The van der Waals surface area contributed by atoms with Crippen LogP contribution in [0, 0.1) is 6.57 Å². The van der Waals surface area contributed by atoms with Gasteiger partial charge in [0.1, 0.15) is 28.6 Å². The van der Waals surface area contributed by atoms with Crippen molar-refractivity contribution in [2.75, 3.05) is 21.3 Å². The van der Waals surface area contributed by atoms with Crippen molar-refractivity contribution in [3.8, 4) is 17.2 Å². The summed E-state index contributed by atoms with van der Waals surface area (Å²) in [4.78, 5) is 11.7. The van der Waals surface area contributed by atoms with E-state index in [1.807, 2.05) is 0 Å². The number of rotatable bonds is 5. The van der Waals surface area contributed by atoms with Crippen molar-refractivity contribution in [1.82, 2.24) is 0 Å². The Kier molecular flexibility index (Phi) is 5.35. The molecule has 2 aromatic carbocycles. The lowest BCUT2D eigenvalue weighted by Crippen LogP contribution is -1.86. The van der Waals surface area contributed by atoms with Crippen LogP contribution in [0.15, 0.2) is 46.4 Å². The summed E-state index contributed by atoms with van der Waals surface area (Å²) in [6, 6.07) is 12.9. The van der Waals surface area contributed by atoms with Crippen LogP contribution in [0.5, 0.6) is 17.2 Å². The van der Waals surface area contributed by atoms with Crippen molar-refractivity contribution in [2.24, 2.45) is 9.98 Å². The first kappa shape index (κ1) is 16.1. The highest BCUT2D eigenvalue weighted by Gasteiger charge is 2.07. The summed E-state index contributed by atoms with van der Waals surface area (Å²) in [6.07, 6.45) is 0. The van der Waals surface area contributed by atoms with Gasteiger partial charge in [-0.05, 0) is 18.2 Å². The molecule has 0 heterocycles. The Morgan fingerprint density at radius 1 is 0.957 bits per heavy atom. The standard InChI is InChI=1S/C17H15N3O3/c1-18-14-6-5-7-15(22-3)17(14)20-11-19-13-9-8-12(21-2)10-16(13)23-4/h5-10H,2-4H3. The fourth-order valence-electron chi connectivity index (χ4n) is 1.88. The monoisotopic (exact) mass is 309 g/mol. The summed E-state index contributed by atoms with van der Waals surface area (Å²) in [7, 11) is 4.64. The van der Waals surface area contributed by atoms with E-state index in [9.17, 15) is 0 Å². The number of methoxy groups -OCH3 is 3. The summed E-state index contributed by atoms with van der Waals surface area (Å²) in [5.41, 5.74) is 1.31. The maximum atomic E-state index is 7.18. The average molecular weight is 309 g/mol. The fraction of sp³-hybridized carbons (Fsp3) is 0.176. The van der Waals surface area contributed by atoms with Gasteiger partial charge in [-0.2, -0.15) is 9.98 Å². The molecular weight excluding hydrogens is 294 g/mol. The van der Waals surface area contributed by atoms with Gasteiger partial charge in [0.15, 0.2) is 0 Å². The normalized spacial score (nSPS) is 9.30. The van der Waals surface area contributed by atoms with E-state index in [0.29, 0.717) is 34.3 Å². The molecule has 0 amide bonds. The van der Waals surface area contributed by atoms with E-state index in [4.69, 9.17) is 20.8 Å². The van der Waals surface area contributed by atoms with E-state index in [2.05, 4.69) is 20.8 Å². The number of nitrogens with zero attached hydrogens (tertiary/aromatic N) is 3. The molecule has 2 rings (SSSR count). The maximum absolute atomic E-state index is 7.18. The highest BCUT2D eigenvalue weighted by Crippen LogP contribution is 2.37. The summed E-state index contributed by atoms with van der Waals surface area (Å²) in [5, 5.41) is 0. The van der Waals surface area contributed by atoms with Gasteiger partial charge in [0.25, 0.3) is 0 Å². The molecule has 6 nitrogen and oxygen atoms in total. The van der Waals surface area contributed by atoms with Crippen molar-refractivity contribution >= 4 is 23.1 Å². The Morgan fingerprint density at radius 2 is 1.74 bits per heavy atom. The van der Waals surface area contributed by atoms with Gasteiger partial charge in [-0.25, -0.2) is 4.85 Å². The van der Waals surface area contributed by atoms with Crippen LogP contribution < -0.4 is 14.2 Å². The van der Waals surface area contributed by atoms with Crippen LogP contribution in [0.4, 0.5) is 17.1 Å². The largest absolute Gasteiger partial charge is 0.497 e. The van der Waals surface area contributed by atoms with Crippen molar-refractivity contribution in [1.29, 1.82) is 0 Å². The number of aliphatic imine (C=N–C) groups is 2. The lowest BCUT2D eigenvalue weighted by molar-refractivity contribution is 0.395. The second-order valence-electron chi connectivity index (χ2n) is 4.30. The van der Waals surface area contributed by atoms with E-state index < -0.39 is 0 Å². The highest BCUT2D eigenvalue weighted by atomic mass is 16.5. The van der Waals surface area contributed by atoms with E-state index in [1.54, 1.807) is 50.6 Å². The van der Waals surface area contributed by atoms with Crippen LogP contribution in [-0.2, 0) is 0 Å². The zero-order valence-corrected chi connectivity index (χ0v) is 13.0. The van der Waals surface area contributed by atoms with Crippen LogP contribution in [0.2, 0.25) is 0 Å². The molecule has 0 unspecified atom stereocenters. The van der Waals surface area contributed by atoms with Crippen LogP contribution in [-0.4, -0.2) is 27.3 Å². The predicted octanol–water partition coefficient (Wildman–Crippen LogP) is 4.40. The van der Waals surface area contributed by atoms with E-state index in [-0.39, 0.29) is 0 Å². The minimum atomic E-state index is 0.369. The Bertz CT molecular complexity index is 803. The molecule has 2 aromatic rings. The smallest absolute Gasteiger partial charge is 0.216 e. The van der Waals surface area contributed by atoms with Gasteiger partial charge in [0.2, 0.25) is 5.69 Å². The molecule has 0 spiro atoms. The van der Waals surface area contributed by atoms with Gasteiger partial charge in [0.05, 0.1) is 33.9 Å². The zero-order chi connectivity index (χ0) is 16.7. The summed E-state index contributed by atoms with van der Waals surface area (Å²) < 4.78 is 15.6. The molecule has 0 aliphatic rings. The zero-order valence-electron chi connectivity index (χ0n) is 13.0. The van der Waals surface area contributed by atoms with Gasteiger partial charge < -0.3 is 14.2 Å². The molecule has 0 aromatic heterocycles. The first-order valence-corrected chi connectivity index (χ1v) is 6.66. The number of ether oxygens (including phenoxy) is 3. The van der Waals surface area contributed by atoms with Crippen molar-refractivity contribution < 1.29 is 14.2 Å². The van der Waals surface area contributed by atoms with Crippen LogP contribution in [0.25, 0.3) is 4.85 Å². The molecule has 6 heteroatoms. The summed E-state index contributed by atoms with van der Waals surface area (Å²) in [6.45, 7) is 7.18. The van der Waals surface area contributed by atoms with Gasteiger partial charge in [-0.15, -0.1) is 0 Å². The molecular formula is C17H15N3O3. The van der Waals surface area contributed by atoms with Crippen molar-refractivity contribution in [3.05, 3.63) is 47.8 Å². The molecule has 23 heavy (non-hydrogen) atoms. The van der Waals surface area contributed by atoms with Crippen LogP contribution in [0.1, 0.15) is 0 Å². The molecule has 0 aliphatic carbocycles. The number of hydrogen-bond acceptors (Lipinski definition) is 5. The molecule has 0 fully saturated rings. The highest BCUT2D eigenvalue weighted by molar-refractivity contribution is 5.76. The molecule has 116 valence electrons. The quantitative estimate of drug-likeness (QED) is 0.607. The van der Waals surface area contributed by atoms with Crippen molar-refractivity contribution in [2.45, 2.75) is 0 Å². The van der Waals surface area contributed by atoms with Gasteiger partial charge in [-0.3, -0.25) is 0 Å².